The summed E-state index contributed by atoms with van der Waals surface area (Å²) in [4.78, 5) is 0. The average molecular weight is 316 g/mol. The fraction of sp³-hybridized carbons (Fsp3) is 0.571. The minimum absolute atomic E-state index is 0.564. The number of nitrogens with one attached hydrogen (secondary N) is 3. The fourth-order valence-corrected chi connectivity index (χ4v) is 2.54. The largest absolute Gasteiger partial charge is 0.362 e. The van der Waals surface area contributed by atoms with E-state index in [9.17, 15) is 0 Å². The molecule has 0 radical (unpaired) electrons. The molecule has 0 saturated heterocycles. The molecule has 0 unspecified atom stereocenters. The molecule has 1 aromatic carbocycles. The Hall–Kier alpha value is -0.255. The lowest BCUT2D eigenvalue weighted by atomic mass is 10.2. The first-order valence-corrected chi connectivity index (χ1v) is 7.91. The van der Waals surface area contributed by atoms with Crippen molar-refractivity contribution in [2.75, 3.05) is 19.6 Å². The molecule has 0 amide bonds. The molecule has 0 aromatic heterocycles. The van der Waals surface area contributed by atoms with Crippen LogP contribution < -0.4 is 15.9 Å². The summed E-state index contributed by atoms with van der Waals surface area (Å²) in [7, 11) is 1.98. The zero-order valence-corrected chi connectivity index (χ0v) is 13.8. The molecule has 0 aliphatic rings. The van der Waals surface area contributed by atoms with Gasteiger partial charge in [0.1, 0.15) is 0 Å². The predicted octanol–water partition coefficient (Wildman–Crippen LogP) is 1.98. The molecule has 0 aliphatic heterocycles. The predicted molar refractivity (Wildman–Crippen MR) is 91.4 cm³/mol. The number of hydrogen-bond donors (Lipinski definition) is 3. The molecule has 20 heavy (non-hydrogen) atoms. The molecule has 0 heterocycles. The Kier molecular flexibility index (Phi) is 9.31. The van der Waals surface area contributed by atoms with Gasteiger partial charge in [0.15, 0.2) is 7.98 Å². The molecule has 0 aliphatic carbocycles. The van der Waals surface area contributed by atoms with Crippen molar-refractivity contribution in [2.24, 2.45) is 0 Å². The zero-order chi connectivity index (χ0) is 14.8. The van der Waals surface area contributed by atoms with Crippen LogP contribution in [0.15, 0.2) is 18.2 Å². The van der Waals surface area contributed by atoms with Crippen molar-refractivity contribution in [1.82, 2.24) is 15.9 Å². The quantitative estimate of drug-likeness (QED) is 0.456. The third kappa shape index (κ3) is 8.13. The summed E-state index contributed by atoms with van der Waals surface area (Å²) in [5.41, 5.74) is 1.12. The van der Waals surface area contributed by atoms with Gasteiger partial charge in [-0.1, -0.05) is 23.2 Å². The maximum atomic E-state index is 5.96. The van der Waals surface area contributed by atoms with Gasteiger partial charge in [-0.2, -0.15) is 0 Å². The summed E-state index contributed by atoms with van der Waals surface area (Å²) in [6.45, 7) is 6.10. The van der Waals surface area contributed by atoms with Crippen LogP contribution in [-0.4, -0.2) is 33.7 Å². The van der Waals surface area contributed by atoms with E-state index in [4.69, 9.17) is 23.2 Å². The van der Waals surface area contributed by atoms with Gasteiger partial charge < -0.3 is 15.9 Å². The van der Waals surface area contributed by atoms with Crippen LogP contribution in [0, 0.1) is 0 Å². The monoisotopic (exact) mass is 315 g/mol. The van der Waals surface area contributed by atoms with Gasteiger partial charge in [0.2, 0.25) is 0 Å². The van der Waals surface area contributed by atoms with Gasteiger partial charge in [0, 0.05) is 22.6 Å². The Balaban J connectivity index is 2.07. The second-order valence-corrected chi connectivity index (χ2v) is 5.93. The minimum Gasteiger partial charge on any atom is -0.362 e. The summed E-state index contributed by atoms with van der Waals surface area (Å²) in [6, 6.07) is 6.20. The van der Waals surface area contributed by atoms with Crippen LogP contribution in [0.2, 0.25) is 10.0 Å². The summed E-state index contributed by atoms with van der Waals surface area (Å²) in [5.74, 6) is 0. The fourth-order valence-electron chi connectivity index (χ4n) is 1.97. The van der Waals surface area contributed by atoms with E-state index in [0.717, 1.165) is 44.6 Å². The van der Waals surface area contributed by atoms with Gasteiger partial charge in [-0.3, -0.25) is 0 Å². The summed E-state index contributed by atoms with van der Waals surface area (Å²) in [6.07, 6.45) is 2.27. The van der Waals surface area contributed by atoms with Crippen molar-refractivity contribution in [3.8, 4) is 0 Å². The lowest BCUT2D eigenvalue weighted by molar-refractivity contribution is 0.496. The molecule has 1 rings (SSSR count). The maximum Gasteiger partial charge on any atom is 0.181 e. The van der Waals surface area contributed by atoms with Crippen LogP contribution in [0.1, 0.15) is 25.3 Å². The molecule has 0 bridgehead atoms. The van der Waals surface area contributed by atoms with E-state index in [2.05, 4.69) is 22.8 Å². The molecule has 0 fully saturated rings. The summed E-state index contributed by atoms with van der Waals surface area (Å²) >= 11 is 11.9. The van der Waals surface area contributed by atoms with Gasteiger partial charge in [-0.05, 0) is 63.2 Å². The van der Waals surface area contributed by atoms with Crippen LogP contribution in [-0.2, 0) is 6.54 Å². The van der Waals surface area contributed by atoms with Crippen LogP contribution in [0.3, 0.4) is 0 Å². The average Bonchev–Trinajstić information content (AvgIpc) is 2.39. The Morgan fingerprint density at radius 3 is 2.45 bits per heavy atom. The smallest absolute Gasteiger partial charge is 0.181 e. The van der Waals surface area contributed by atoms with Gasteiger partial charge >= 0.3 is 0 Å². The lowest BCUT2D eigenvalue weighted by Crippen LogP contribution is -2.31. The van der Waals surface area contributed by atoms with E-state index in [-0.39, 0.29) is 0 Å². The van der Waals surface area contributed by atoms with Crippen LogP contribution in [0.4, 0.5) is 0 Å². The highest BCUT2D eigenvalue weighted by atomic mass is 35.5. The van der Waals surface area contributed by atoms with Crippen molar-refractivity contribution >= 4 is 31.2 Å². The van der Waals surface area contributed by atoms with Crippen molar-refractivity contribution in [2.45, 2.75) is 32.4 Å². The number of halogens is 2. The van der Waals surface area contributed by atoms with Gasteiger partial charge in [-0.25, -0.2) is 0 Å². The minimum atomic E-state index is 0.564. The standard InChI is InChI=1S/C14H24BCl2N3/c1-11(3-6-20-15)19-5-2-4-18-10-12-7-13(16)9-14(17)8-12/h7-9,11,18-20H,2-6,10,15H2,1H3/t11-/m0/s1. The topological polar surface area (TPSA) is 36.1 Å². The molecular weight excluding hydrogens is 292 g/mol. The number of rotatable bonds is 10. The maximum absolute atomic E-state index is 5.96. The van der Waals surface area contributed by atoms with E-state index in [1.807, 2.05) is 20.1 Å². The molecule has 0 saturated carbocycles. The highest BCUT2D eigenvalue weighted by molar-refractivity contribution is 6.34. The Morgan fingerprint density at radius 1 is 1.10 bits per heavy atom. The number of benzene rings is 1. The molecular formula is C14H24BCl2N3. The SMILES string of the molecule is BNCC[C@H](C)NCCCNCc1cc(Cl)cc(Cl)c1. The van der Waals surface area contributed by atoms with Gasteiger partial charge in [0.25, 0.3) is 0 Å². The van der Waals surface area contributed by atoms with Crippen molar-refractivity contribution in [3.05, 3.63) is 33.8 Å². The molecule has 112 valence electrons. The summed E-state index contributed by atoms with van der Waals surface area (Å²) in [5, 5.41) is 11.5. The zero-order valence-electron chi connectivity index (χ0n) is 12.3. The first-order chi connectivity index (χ1) is 9.61. The van der Waals surface area contributed by atoms with E-state index < -0.39 is 0 Å². The second-order valence-electron chi connectivity index (χ2n) is 5.06. The Bertz CT molecular complexity index is 370. The molecule has 0 spiro atoms. The lowest BCUT2D eigenvalue weighted by Gasteiger charge is -2.13. The van der Waals surface area contributed by atoms with Crippen LogP contribution in [0.25, 0.3) is 0 Å². The van der Waals surface area contributed by atoms with Crippen LogP contribution in [0.5, 0.6) is 0 Å². The number of hydrogen-bond acceptors (Lipinski definition) is 3. The molecule has 6 heteroatoms. The van der Waals surface area contributed by atoms with E-state index >= 15 is 0 Å². The van der Waals surface area contributed by atoms with E-state index in [1.54, 1.807) is 6.07 Å². The second kappa shape index (κ2) is 10.5. The third-order valence-corrected chi connectivity index (χ3v) is 3.54. The van der Waals surface area contributed by atoms with E-state index in [1.165, 1.54) is 0 Å². The Labute approximate surface area is 133 Å². The normalized spacial score (nSPS) is 12.6. The third-order valence-electron chi connectivity index (χ3n) is 3.10. The molecule has 1 aromatic rings. The highest BCUT2D eigenvalue weighted by Gasteiger charge is 2.00. The molecule has 3 N–H and O–H groups in total. The van der Waals surface area contributed by atoms with Crippen molar-refractivity contribution in [3.63, 3.8) is 0 Å². The van der Waals surface area contributed by atoms with Gasteiger partial charge in [-0.15, -0.1) is 0 Å². The molecule has 1 atom stereocenters. The highest BCUT2D eigenvalue weighted by Crippen LogP contribution is 2.18. The van der Waals surface area contributed by atoms with Crippen molar-refractivity contribution in [1.29, 1.82) is 0 Å². The van der Waals surface area contributed by atoms with Crippen LogP contribution >= 0.6 is 23.2 Å². The summed E-state index contributed by atoms with van der Waals surface area (Å²) < 4.78 is 0. The first kappa shape index (κ1) is 17.8. The molecule has 3 nitrogen and oxygen atoms in total. The van der Waals surface area contributed by atoms with Gasteiger partial charge in [0.05, 0.1) is 0 Å². The van der Waals surface area contributed by atoms with E-state index in [0.29, 0.717) is 16.1 Å². The van der Waals surface area contributed by atoms with Crippen molar-refractivity contribution < 1.29 is 0 Å². The first-order valence-electron chi connectivity index (χ1n) is 7.15. The Morgan fingerprint density at radius 2 is 1.80 bits per heavy atom.